The molecule has 0 saturated heterocycles. The minimum atomic E-state index is -0.204. The average Bonchev–Trinajstić information content (AvgIpc) is 3.07. The van der Waals surface area contributed by atoms with Crippen molar-refractivity contribution in [2.45, 2.75) is 12.8 Å². The SMILES string of the molecule is COc1cccc(C(=O)CCC(=O)Nc2ccc3cn[nH]c3c2)c1. The molecule has 0 fully saturated rings. The van der Waals surface area contributed by atoms with Gasteiger partial charge in [-0.25, -0.2) is 0 Å². The van der Waals surface area contributed by atoms with E-state index in [1.807, 2.05) is 12.1 Å². The third kappa shape index (κ3) is 3.60. The van der Waals surface area contributed by atoms with Crippen LogP contribution >= 0.6 is 0 Å². The number of benzene rings is 2. The zero-order valence-electron chi connectivity index (χ0n) is 13.2. The van der Waals surface area contributed by atoms with E-state index >= 15 is 0 Å². The number of ether oxygens (including phenoxy) is 1. The van der Waals surface area contributed by atoms with Crippen molar-refractivity contribution in [3.05, 3.63) is 54.2 Å². The lowest BCUT2D eigenvalue weighted by Crippen LogP contribution is -2.13. The van der Waals surface area contributed by atoms with Crippen LogP contribution in [-0.2, 0) is 4.79 Å². The molecule has 1 amide bonds. The van der Waals surface area contributed by atoms with Crippen molar-refractivity contribution >= 4 is 28.3 Å². The van der Waals surface area contributed by atoms with Crippen LogP contribution in [-0.4, -0.2) is 29.0 Å². The fraction of sp³-hybridized carbons (Fsp3) is 0.167. The number of aromatic nitrogens is 2. The van der Waals surface area contributed by atoms with Gasteiger partial charge in [-0.2, -0.15) is 5.10 Å². The van der Waals surface area contributed by atoms with Gasteiger partial charge < -0.3 is 10.1 Å². The van der Waals surface area contributed by atoms with E-state index < -0.39 is 0 Å². The zero-order valence-corrected chi connectivity index (χ0v) is 13.2. The van der Waals surface area contributed by atoms with Crippen molar-refractivity contribution in [1.29, 1.82) is 0 Å². The number of nitrogens with zero attached hydrogens (tertiary/aromatic N) is 1. The van der Waals surface area contributed by atoms with Crippen LogP contribution in [0.2, 0.25) is 0 Å². The molecule has 0 aliphatic carbocycles. The van der Waals surface area contributed by atoms with E-state index in [1.54, 1.807) is 43.6 Å². The number of hydrogen-bond acceptors (Lipinski definition) is 4. The van der Waals surface area contributed by atoms with Crippen LogP contribution in [0.15, 0.2) is 48.7 Å². The highest BCUT2D eigenvalue weighted by atomic mass is 16.5. The monoisotopic (exact) mass is 323 g/mol. The number of amides is 1. The van der Waals surface area contributed by atoms with Gasteiger partial charge in [0.05, 0.1) is 18.8 Å². The van der Waals surface area contributed by atoms with Gasteiger partial charge in [0.25, 0.3) is 0 Å². The van der Waals surface area contributed by atoms with Crippen molar-refractivity contribution in [1.82, 2.24) is 10.2 Å². The topological polar surface area (TPSA) is 84.1 Å². The van der Waals surface area contributed by atoms with Crippen molar-refractivity contribution in [3.8, 4) is 5.75 Å². The first-order valence-corrected chi connectivity index (χ1v) is 7.56. The highest BCUT2D eigenvalue weighted by molar-refractivity contribution is 6.00. The van der Waals surface area contributed by atoms with Crippen molar-refractivity contribution < 1.29 is 14.3 Å². The Balaban J connectivity index is 1.57. The molecule has 0 spiro atoms. The smallest absolute Gasteiger partial charge is 0.224 e. The van der Waals surface area contributed by atoms with Crippen LogP contribution in [0.3, 0.4) is 0 Å². The summed E-state index contributed by atoms with van der Waals surface area (Å²) in [6, 6.07) is 12.4. The third-order valence-corrected chi connectivity index (χ3v) is 3.70. The standard InChI is InChI=1S/C18H17N3O3/c1-24-15-4-2-3-12(9-15)17(22)7-8-18(23)20-14-6-5-13-11-19-21-16(13)10-14/h2-6,9-11H,7-8H2,1H3,(H,19,21)(H,20,23). The van der Waals surface area contributed by atoms with Gasteiger partial charge in [0.15, 0.2) is 5.78 Å². The summed E-state index contributed by atoms with van der Waals surface area (Å²) in [7, 11) is 1.55. The second-order valence-corrected chi connectivity index (χ2v) is 5.38. The fourth-order valence-electron chi connectivity index (χ4n) is 2.41. The molecular weight excluding hydrogens is 306 g/mol. The number of rotatable bonds is 6. The Kier molecular flexibility index (Phi) is 4.56. The number of hydrogen-bond donors (Lipinski definition) is 2. The summed E-state index contributed by atoms with van der Waals surface area (Å²) in [6.07, 6.45) is 1.98. The summed E-state index contributed by atoms with van der Waals surface area (Å²) in [5.74, 6) is 0.330. The number of carbonyl (C=O) groups excluding carboxylic acids is 2. The molecule has 1 aromatic heterocycles. The molecule has 6 heteroatoms. The fourth-order valence-corrected chi connectivity index (χ4v) is 2.41. The number of carbonyl (C=O) groups is 2. The molecule has 3 aromatic rings. The zero-order chi connectivity index (χ0) is 16.9. The molecule has 6 nitrogen and oxygen atoms in total. The Morgan fingerprint density at radius 3 is 2.88 bits per heavy atom. The first kappa shape index (κ1) is 15.7. The highest BCUT2D eigenvalue weighted by Gasteiger charge is 2.11. The van der Waals surface area contributed by atoms with E-state index in [0.717, 1.165) is 10.9 Å². The first-order chi connectivity index (χ1) is 11.7. The van der Waals surface area contributed by atoms with E-state index in [1.165, 1.54) is 0 Å². The van der Waals surface area contributed by atoms with E-state index in [-0.39, 0.29) is 24.5 Å². The molecule has 0 atom stereocenters. The van der Waals surface area contributed by atoms with E-state index in [0.29, 0.717) is 17.0 Å². The lowest BCUT2D eigenvalue weighted by atomic mass is 10.1. The molecule has 0 aliphatic heterocycles. The molecule has 2 aromatic carbocycles. The van der Waals surface area contributed by atoms with Gasteiger partial charge in [0, 0.05) is 29.5 Å². The Bertz CT molecular complexity index is 886. The molecule has 122 valence electrons. The summed E-state index contributed by atoms with van der Waals surface area (Å²) >= 11 is 0. The van der Waals surface area contributed by atoms with E-state index in [4.69, 9.17) is 4.74 Å². The summed E-state index contributed by atoms with van der Waals surface area (Å²) < 4.78 is 5.10. The van der Waals surface area contributed by atoms with E-state index in [9.17, 15) is 9.59 Å². The summed E-state index contributed by atoms with van der Waals surface area (Å²) in [5.41, 5.74) is 2.06. The predicted octanol–water partition coefficient (Wildman–Crippen LogP) is 3.17. The second kappa shape index (κ2) is 6.95. The molecule has 0 bridgehead atoms. The second-order valence-electron chi connectivity index (χ2n) is 5.38. The van der Waals surface area contributed by atoms with Gasteiger partial charge in [0.2, 0.25) is 5.91 Å². The number of nitrogens with one attached hydrogen (secondary N) is 2. The average molecular weight is 323 g/mol. The first-order valence-electron chi connectivity index (χ1n) is 7.56. The Labute approximate surface area is 138 Å². The maximum Gasteiger partial charge on any atom is 0.224 e. The lowest BCUT2D eigenvalue weighted by Gasteiger charge is -2.06. The molecule has 0 radical (unpaired) electrons. The van der Waals surface area contributed by atoms with Crippen LogP contribution in [0.4, 0.5) is 5.69 Å². The van der Waals surface area contributed by atoms with Crippen LogP contribution < -0.4 is 10.1 Å². The summed E-state index contributed by atoms with van der Waals surface area (Å²) in [5, 5.41) is 10.5. The van der Waals surface area contributed by atoms with Gasteiger partial charge in [-0.1, -0.05) is 12.1 Å². The molecule has 2 N–H and O–H groups in total. The van der Waals surface area contributed by atoms with Crippen molar-refractivity contribution in [2.24, 2.45) is 0 Å². The third-order valence-electron chi connectivity index (χ3n) is 3.70. The van der Waals surface area contributed by atoms with Crippen LogP contribution in [0.1, 0.15) is 23.2 Å². The van der Waals surface area contributed by atoms with Gasteiger partial charge in [0.1, 0.15) is 5.75 Å². The highest BCUT2D eigenvalue weighted by Crippen LogP contribution is 2.18. The number of H-pyrrole nitrogens is 1. The summed E-state index contributed by atoms with van der Waals surface area (Å²) in [4.78, 5) is 24.2. The Morgan fingerprint density at radius 2 is 2.04 bits per heavy atom. The molecule has 1 heterocycles. The van der Waals surface area contributed by atoms with Crippen molar-refractivity contribution in [2.75, 3.05) is 12.4 Å². The van der Waals surface area contributed by atoms with Crippen molar-refractivity contribution in [3.63, 3.8) is 0 Å². The van der Waals surface area contributed by atoms with E-state index in [2.05, 4.69) is 15.5 Å². The molecule has 0 saturated carbocycles. The summed E-state index contributed by atoms with van der Waals surface area (Å²) in [6.45, 7) is 0. The number of anilines is 1. The Morgan fingerprint density at radius 1 is 1.17 bits per heavy atom. The minimum absolute atomic E-state index is 0.0897. The maximum atomic E-state index is 12.2. The molecule has 0 aliphatic rings. The number of ketones is 1. The van der Waals surface area contributed by atoms with Gasteiger partial charge >= 0.3 is 0 Å². The quantitative estimate of drug-likeness (QED) is 0.682. The van der Waals surface area contributed by atoms with Gasteiger partial charge in [-0.3, -0.25) is 14.7 Å². The Hall–Kier alpha value is -3.15. The number of aromatic amines is 1. The molecular formula is C18H17N3O3. The molecule has 3 rings (SSSR count). The van der Waals surface area contributed by atoms with Crippen LogP contribution in [0, 0.1) is 0 Å². The van der Waals surface area contributed by atoms with Gasteiger partial charge in [-0.15, -0.1) is 0 Å². The van der Waals surface area contributed by atoms with Crippen LogP contribution in [0.25, 0.3) is 10.9 Å². The molecule has 24 heavy (non-hydrogen) atoms. The maximum absolute atomic E-state index is 12.2. The largest absolute Gasteiger partial charge is 0.497 e. The van der Waals surface area contributed by atoms with Crippen LogP contribution in [0.5, 0.6) is 5.75 Å². The normalized spacial score (nSPS) is 10.5. The lowest BCUT2D eigenvalue weighted by molar-refractivity contribution is -0.116. The minimum Gasteiger partial charge on any atom is -0.497 e. The number of methoxy groups -OCH3 is 1. The molecule has 0 unspecified atom stereocenters. The number of fused-ring (bicyclic) bond motifs is 1. The number of Topliss-reactive ketones (excluding diaryl/α,β-unsaturated/α-hetero) is 1. The predicted molar refractivity (Wildman–Crippen MR) is 91.3 cm³/mol. The van der Waals surface area contributed by atoms with Gasteiger partial charge in [-0.05, 0) is 30.3 Å².